The Balaban J connectivity index is 1.95. The normalized spacial score (nSPS) is 20.9. The highest BCUT2D eigenvalue weighted by molar-refractivity contribution is 5.90. The molecule has 2 atom stereocenters. The lowest BCUT2D eigenvalue weighted by Gasteiger charge is -2.41. The minimum absolute atomic E-state index is 0.227. The zero-order valence-corrected chi connectivity index (χ0v) is 18.9. The fraction of sp³-hybridized carbons (Fsp3) is 0.444. The van der Waals surface area contributed by atoms with Gasteiger partial charge in [-0.25, -0.2) is 4.79 Å². The van der Waals surface area contributed by atoms with E-state index in [2.05, 4.69) is 59.8 Å². The minimum Gasteiger partial charge on any atom is -0.462 e. The predicted molar refractivity (Wildman–Crippen MR) is 122 cm³/mol. The molecule has 2 nitrogen and oxygen atoms in total. The van der Waals surface area contributed by atoms with Crippen LogP contribution in [0.4, 0.5) is 0 Å². The summed E-state index contributed by atoms with van der Waals surface area (Å²) >= 11 is 0. The molecule has 154 valence electrons. The van der Waals surface area contributed by atoms with E-state index in [1.54, 1.807) is 0 Å². The molecule has 2 aromatic carbocycles. The summed E-state index contributed by atoms with van der Waals surface area (Å²) in [7, 11) is 0. The molecule has 0 saturated heterocycles. The Hall–Kier alpha value is -2.35. The summed E-state index contributed by atoms with van der Waals surface area (Å²) in [6.45, 7) is 16.1. The number of aryl methyl sites for hydroxylation is 1. The molecule has 0 bridgehead atoms. The Morgan fingerprint density at radius 2 is 1.83 bits per heavy atom. The number of rotatable bonds is 4. The van der Waals surface area contributed by atoms with Gasteiger partial charge in [0.25, 0.3) is 0 Å². The fourth-order valence-electron chi connectivity index (χ4n) is 4.77. The standard InChI is InChI=1S/C27H34O2/c1-8-29-26(28)22-11-9-21(10-12-22)13-17(2)23-15-24-20(5)19(4)16-27(6,7)25(24)14-18(23)3/h9-15,19-20H,8,16H2,1-7H3. The Morgan fingerprint density at radius 1 is 1.17 bits per heavy atom. The van der Waals surface area contributed by atoms with Crippen LogP contribution in [0.15, 0.2) is 36.4 Å². The maximum absolute atomic E-state index is 11.9. The van der Waals surface area contributed by atoms with E-state index >= 15 is 0 Å². The van der Waals surface area contributed by atoms with Crippen molar-refractivity contribution in [2.75, 3.05) is 6.61 Å². The van der Waals surface area contributed by atoms with Gasteiger partial charge < -0.3 is 4.74 Å². The highest BCUT2D eigenvalue weighted by atomic mass is 16.5. The van der Waals surface area contributed by atoms with Crippen molar-refractivity contribution in [3.8, 4) is 0 Å². The first-order valence-corrected chi connectivity index (χ1v) is 10.7. The van der Waals surface area contributed by atoms with Gasteiger partial charge in [0.2, 0.25) is 0 Å². The van der Waals surface area contributed by atoms with Crippen molar-refractivity contribution in [1.82, 2.24) is 0 Å². The molecular formula is C27H34O2. The Bertz CT molecular complexity index is 932. The van der Waals surface area contributed by atoms with Gasteiger partial charge in [-0.3, -0.25) is 0 Å². The number of benzene rings is 2. The van der Waals surface area contributed by atoms with Crippen LogP contribution in [0, 0.1) is 12.8 Å². The molecule has 0 amide bonds. The number of ether oxygens (including phenoxy) is 1. The molecule has 2 unspecified atom stereocenters. The summed E-state index contributed by atoms with van der Waals surface area (Å²) < 4.78 is 5.07. The van der Waals surface area contributed by atoms with E-state index < -0.39 is 0 Å². The first-order valence-electron chi connectivity index (χ1n) is 10.7. The third kappa shape index (κ3) is 4.32. The first kappa shape index (κ1) is 21.4. The van der Waals surface area contributed by atoms with Crippen molar-refractivity contribution in [2.45, 2.75) is 66.2 Å². The van der Waals surface area contributed by atoms with Crippen molar-refractivity contribution in [1.29, 1.82) is 0 Å². The molecule has 0 spiro atoms. The molecule has 0 saturated carbocycles. The molecule has 0 N–H and O–H groups in total. The summed E-state index contributed by atoms with van der Waals surface area (Å²) in [5.74, 6) is 0.998. The van der Waals surface area contributed by atoms with Crippen molar-refractivity contribution in [3.05, 3.63) is 69.8 Å². The highest BCUT2D eigenvalue weighted by Gasteiger charge is 2.35. The van der Waals surface area contributed by atoms with Crippen LogP contribution in [0.25, 0.3) is 11.6 Å². The van der Waals surface area contributed by atoms with Gasteiger partial charge in [0.05, 0.1) is 12.2 Å². The number of esters is 1. The molecule has 0 aromatic heterocycles. The van der Waals surface area contributed by atoms with Crippen LogP contribution in [-0.2, 0) is 10.2 Å². The first-order chi connectivity index (χ1) is 13.6. The van der Waals surface area contributed by atoms with Crippen LogP contribution in [0.3, 0.4) is 0 Å². The average Bonchev–Trinajstić information content (AvgIpc) is 2.66. The zero-order chi connectivity index (χ0) is 21.3. The van der Waals surface area contributed by atoms with Crippen LogP contribution < -0.4 is 0 Å². The molecule has 2 aromatic rings. The molecule has 0 radical (unpaired) electrons. The third-order valence-electron chi connectivity index (χ3n) is 6.53. The SMILES string of the molecule is CCOC(=O)c1ccc(C=C(C)c2cc3c(cc2C)C(C)(C)CC(C)C3C)cc1. The summed E-state index contributed by atoms with van der Waals surface area (Å²) in [5, 5.41) is 0. The van der Waals surface area contributed by atoms with E-state index in [4.69, 9.17) is 4.74 Å². The van der Waals surface area contributed by atoms with Gasteiger partial charge in [0.15, 0.2) is 0 Å². The van der Waals surface area contributed by atoms with Crippen LogP contribution in [0.1, 0.15) is 92.1 Å². The predicted octanol–water partition coefficient (Wildman–Crippen LogP) is 7.15. The molecular weight excluding hydrogens is 356 g/mol. The molecule has 0 heterocycles. The lowest BCUT2D eigenvalue weighted by Crippen LogP contribution is -2.31. The number of fused-ring (bicyclic) bond motifs is 1. The highest BCUT2D eigenvalue weighted by Crippen LogP contribution is 2.47. The summed E-state index contributed by atoms with van der Waals surface area (Å²) in [6.07, 6.45) is 3.44. The molecule has 29 heavy (non-hydrogen) atoms. The number of carbonyl (C=O) groups excluding carboxylic acids is 1. The molecule has 2 heteroatoms. The van der Waals surface area contributed by atoms with Gasteiger partial charge in [0, 0.05) is 0 Å². The molecule has 3 rings (SSSR count). The van der Waals surface area contributed by atoms with Gasteiger partial charge in [-0.05, 0) is 90.0 Å². The van der Waals surface area contributed by atoms with E-state index in [1.807, 2.05) is 31.2 Å². The van der Waals surface area contributed by atoms with Crippen molar-refractivity contribution >= 4 is 17.6 Å². The van der Waals surface area contributed by atoms with Gasteiger partial charge in [-0.2, -0.15) is 0 Å². The average molecular weight is 391 g/mol. The Kier molecular flexibility index (Phi) is 6.03. The maximum atomic E-state index is 11.9. The quantitative estimate of drug-likeness (QED) is 0.409. The van der Waals surface area contributed by atoms with Crippen molar-refractivity contribution < 1.29 is 9.53 Å². The zero-order valence-electron chi connectivity index (χ0n) is 18.9. The second-order valence-electron chi connectivity index (χ2n) is 9.28. The number of allylic oxidation sites excluding steroid dienone is 1. The van der Waals surface area contributed by atoms with E-state index in [0.29, 0.717) is 24.0 Å². The second-order valence-corrected chi connectivity index (χ2v) is 9.28. The van der Waals surface area contributed by atoms with Crippen LogP contribution in [0.2, 0.25) is 0 Å². The summed E-state index contributed by atoms with van der Waals surface area (Å²) in [6, 6.07) is 12.5. The summed E-state index contributed by atoms with van der Waals surface area (Å²) in [5.41, 5.74) is 8.81. The Morgan fingerprint density at radius 3 is 2.45 bits per heavy atom. The second kappa shape index (κ2) is 8.18. The van der Waals surface area contributed by atoms with Gasteiger partial charge in [0.1, 0.15) is 0 Å². The molecule has 0 fully saturated rings. The topological polar surface area (TPSA) is 26.3 Å². The van der Waals surface area contributed by atoms with Crippen LogP contribution in [0.5, 0.6) is 0 Å². The molecule has 1 aliphatic rings. The molecule has 1 aliphatic carbocycles. The monoisotopic (exact) mass is 390 g/mol. The molecule has 0 aliphatic heterocycles. The van der Waals surface area contributed by atoms with Crippen molar-refractivity contribution in [2.24, 2.45) is 5.92 Å². The van der Waals surface area contributed by atoms with E-state index in [1.165, 1.54) is 34.2 Å². The van der Waals surface area contributed by atoms with E-state index in [9.17, 15) is 4.79 Å². The largest absolute Gasteiger partial charge is 0.462 e. The third-order valence-corrected chi connectivity index (χ3v) is 6.53. The maximum Gasteiger partial charge on any atom is 0.338 e. The smallest absolute Gasteiger partial charge is 0.338 e. The van der Waals surface area contributed by atoms with Crippen LogP contribution >= 0.6 is 0 Å². The van der Waals surface area contributed by atoms with Gasteiger partial charge in [-0.15, -0.1) is 0 Å². The summed E-state index contributed by atoms with van der Waals surface area (Å²) in [4.78, 5) is 11.9. The lowest BCUT2D eigenvalue weighted by molar-refractivity contribution is 0.0526. The van der Waals surface area contributed by atoms with Crippen LogP contribution in [-0.4, -0.2) is 12.6 Å². The van der Waals surface area contributed by atoms with Crippen molar-refractivity contribution in [3.63, 3.8) is 0 Å². The van der Waals surface area contributed by atoms with E-state index in [0.717, 1.165) is 5.56 Å². The minimum atomic E-state index is -0.268. The number of carbonyl (C=O) groups is 1. The number of hydrogen-bond acceptors (Lipinski definition) is 2. The number of hydrogen-bond donors (Lipinski definition) is 0. The van der Waals surface area contributed by atoms with Gasteiger partial charge in [-0.1, -0.05) is 58.0 Å². The van der Waals surface area contributed by atoms with Gasteiger partial charge >= 0.3 is 5.97 Å². The lowest BCUT2D eigenvalue weighted by atomic mass is 9.64. The van der Waals surface area contributed by atoms with E-state index in [-0.39, 0.29) is 11.4 Å². The Labute approximate surface area is 176 Å². The fourth-order valence-corrected chi connectivity index (χ4v) is 4.77.